The fourth-order valence-electron chi connectivity index (χ4n) is 3.37. The molecule has 0 radical (unpaired) electrons. The van der Waals surface area contributed by atoms with Gasteiger partial charge in [-0.15, -0.1) is 0 Å². The van der Waals surface area contributed by atoms with E-state index in [0.717, 1.165) is 6.42 Å². The molecule has 1 aromatic carbocycles. The van der Waals surface area contributed by atoms with E-state index in [0.29, 0.717) is 38.9 Å². The first-order chi connectivity index (χ1) is 12.0. The van der Waals surface area contributed by atoms with Crippen molar-refractivity contribution in [1.29, 1.82) is 0 Å². The standard InChI is InChI=1S/C17H25N3O4S/c18-12-14-6-7-16(24-14)17(21)20-10-8-13(9-11-20)19-25(22,23)15-4-2-1-3-5-15/h1-5,13-14,16,19H,6-12,18H2/t14-,16+/m1/s1. The summed E-state index contributed by atoms with van der Waals surface area (Å²) in [6.45, 7) is 1.51. The molecule has 2 aliphatic rings. The number of hydrogen-bond acceptors (Lipinski definition) is 5. The number of ether oxygens (including phenoxy) is 1. The summed E-state index contributed by atoms with van der Waals surface area (Å²) < 4.78 is 33.1. The number of carbonyl (C=O) groups is 1. The Hall–Kier alpha value is -1.48. The highest BCUT2D eigenvalue weighted by atomic mass is 32.2. The summed E-state index contributed by atoms with van der Waals surface area (Å²) in [4.78, 5) is 14.5. The van der Waals surface area contributed by atoms with Crippen molar-refractivity contribution in [1.82, 2.24) is 9.62 Å². The molecule has 138 valence electrons. The number of piperidine rings is 1. The lowest BCUT2D eigenvalue weighted by atomic mass is 10.0. The van der Waals surface area contributed by atoms with E-state index in [1.807, 2.05) is 0 Å². The maximum Gasteiger partial charge on any atom is 0.251 e. The minimum atomic E-state index is -3.52. The maximum atomic E-state index is 12.5. The molecule has 2 atom stereocenters. The second kappa shape index (κ2) is 7.82. The maximum absolute atomic E-state index is 12.5. The molecule has 0 spiro atoms. The minimum absolute atomic E-state index is 0.000293. The molecule has 1 amide bonds. The van der Waals surface area contributed by atoms with Crippen LogP contribution < -0.4 is 10.5 Å². The molecule has 0 saturated carbocycles. The van der Waals surface area contributed by atoms with E-state index in [4.69, 9.17) is 10.5 Å². The molecule has 8 heteroatoms. The van der Waals surface area contributed by atoms with Crippen LogP contribution >= 0.6 is 0 Å². The van der Waals surface area contributed by atoms with Gasteiger partial charge in [0.15, 0.2) is 0 Å². The van der Waals surface area contributed by atoms with Crippen molar-refractivity contribution in [2.45, 2.75) is 48.8 Å². The summed E-state index contributed by atoms with van der Waals surface area (Å²) in [5.74, 6) is 0.000293. The van der Waals surface area contributed by atoms with Gasteiger partial charge >= 0.3 is 0 Å². The molecule has 3 N–H and O–H groups in total. The molecule has 0 bridgehead atoms. The fourth-order valence-corrected chi connectivity index (χ4v) is 4.70. The molecule has 3 rings (SSSR count). The summed E-state index contributed by atoms with van der Waals surface area (Å²) in [5, 5.41) is 0. The second-order valence-electron chi connectivity index (χ2n) is 6.59. The zero-order valence-electron chi connectivity index (χ0n) is 14.1. The molecule has 2 aliphatic heterocycles. The topological polar surface area (TPSA) is 102 Å². The van der Waals surface area contributed by atoms with Crippen LogP contribution in [-0.2, 0) is 19.6 Å². The molecule has 25 heavy (non-hydrogen) atoms. The van der Waals surface area contributed by atoms with Crippen molar-refractivity contribution in [2.24, 2.45) is 5.73 Å². The molecular formula is C17H25N3O4S. The summed E-state index contributed by atoms with van der Waals surface area (Å²) in [6, 6.07) is 8.18. The molecule has 1 aromatic rings. The van der Waals surface area contributed by atoms with E-state index in [2.05, 4.69) is 4.72 Å². The SMILES string of the molecule is NC[C@H]1CC[C@@H](C(=O)N2CCC(NS(=O)(=O)c3ccccc3)CC2)O1. The highest BCUT2D eigenvalue weighted by molar-refractivity contribution is 7.89. The zero-order chi connectivity index (χ0) is 17.9. The van der Waals surface area contributed by atoms with Crippen LogP contribution in [0.25, 0.3) is 0 Å². The van der Waals surface area contributed by atoms with Crippen LogP contribution in [0, 0.1) is 0 Å². The zero-order valence-corrected chi connectivity index (χ0v) is 15.0. The Bertz CT molecular complexity index is 687. The second-order valence-corrected chi connectivity index (χ2v) is 8.31. The number of sulfonamides is 1. The average molecular weight is 367 g/mol. The largest absolute Gasteiger partial charge is 0.364 e. The molecule has 2 heterocycles. The Balaban J connectivity index is 1.51. The van der Waals surface area contributed by atoms with Gasteiger partial charge in [0, 0.05) is 25.7 Å². The van der Waals surface area contributed by atoms with Crippen molar-refractivity contribution < 1.29 is 17.9 Å². The molecular weight excluding hydrogens is 342 g/mol. The third-order valence-corrected chi connectivity index (χ3v) is 6.36. The third kappa shape index (κ3) is 4.38. The lowest BCUT2D eigenvalue weighted by Gasteiger charge is -2.33. The summed E-state index contributed by atoms with van der Waals surface area (Å²) in [6.07, 6.45) is 2.31. The van der Waals surface area contributed by atoms with E-state index < -0.39 is 16.1 Å². The van der Waals surface area contributed by atoms with Crippen LogP contribution in [0.15, 0.2) is 35.2 Å². The number of amides is 1. The first kappa shape index (κ1) is 18.3. The van der Waals surface area contributed by atoms with Crippen molar-refractivity contribution in [3.63, 3.8) is 0 Å². The van der Waals surface area contributed by atoms with Crippen molar-refractivity contribution in [3.8, 4) is 0 Å². The van der Waals surface area contributed by atoms with E-state index in [1.165, 1.54) is 0 Å². The van der Waals surface area contributed by atoms with Crippen LogP contribution in [0.5, 0.6) is 0 Å². The third-order valence-electron chi connectivity index (χ3n) is 4.83. The molecule has 2 fully saturated rings. The summed E-state index contributed by atoms with van der Waals surface area (Å²) in [5.41, 5.74) is 5.58. The number of rotatable bonds is 5. The predicted octanol–water partition coefficient (Wildman–Crippen LogP) is 0.462. The predicted molar refractivity (Wildman–Crippen MR) is 93.3 cm³/mol. The van der Waals surface area contributed by atoms with Crippen molar-refractivity contribution >= 4 is 15.9 Å². The van der Waals surface area contributed by atoms with Gasteiger partial charge < -0.3 is 15.4 Å². The first-order valence-corrected chi connectivity index (χ1v) is 10.2. The van der Waals surface area contributed by atoms with Gasteiger partial charge in [0.05, 0.1) is 11.0 Å². The van der Waals surface area contributed by atoms with Gasteiger partial charge in [-0.05, 0) is 37.8 Å². The number of nitrogens with zero attached hydrogens (tertiary/aromatic N) is 1. The van der Waals surface area contributed by atoms with Gasteiger partial charge in [0.25, 0.3) is 5.91 Å². The number of carbonyl (C=O) groups excluding carboxylic acids is 1. The van der Waals surface area contributed by atoms with Crippen LogP contribution in [0.1, 0.15) is 25.7 Å². The van der Waals surface area contributed by atoms with E-state index >= 15 is 0 Å². The van der Waals surface area contributed by atoms with Crippen LogP contribution in [0.3, 0.4) is 0 Å². The van der Waals surface area contributed by atoms with Crippen molar-refractivity contribution in [2.75, 3.05) is 19.6 Å². The van der Waals surface area contributed by atoms with Gasteiger partial charge in [-0.3, -0.25) is 4.79 Å². The van der Waals surface area contributed by atoms with Gasteiger partial charge in [0.1, 0.15) is 6.10 Å². The minimum Gasteiger partial charge on any atom is -0.364 e. The van der Waals surface area contributed by atoms with Gasteiger partial charge in [-0.2, -0.15) is 0 Å². The van der Waals surface area contributed by atoms with Crippen LogP contribution in [0.4, 0.5) is 0 Å². The highest BCUT2D eigenvalue weighted by Crippen LogP contribution is 2.23. The number of hydrogen-bond donors (Lipinski definition) is 2. The lowest BCUT2D eigenvalue weighted by molar-refractivity contribution is -0.143. The fraction of sp³-hybridized carbons (Fsp3) is 0.588. The van der Waals surface area contributed by atoms with E-state index in [1.54, 1.807) is 35.2 Å². The Labute approximate surface area is 148 Å². The smallest absolute Gasteiger partial charge is 0.251 e. The van der Waals surface area contributed by atoms with Crippen LogP contribution in [-0.4, -0.2) is 57.1 Å². The molecule has 2 saturated heterocycles. The Morgan fingerprint density at radius 1 is 1.16 bits per heavy atom. The Morgan fingerprint density at radius 3 is 2.44 bits per heavy atom. The Morgan fingerprint density at radius 2 is 1.84 bits per heavy atom. The average Bonchev–Trinajstić information content (AvgIpc) is 3.11. The normalized spacial score (nSPS) is 25.2. The Kier molecular flexibility index (Phi) is 5.73. The molecule has 0 aromatic heterocycles. The molecule has 0 aliphatic carbocycles. The number of nitrogens with one attached hydrogen (secondary N) is 1. The van der Waals surface area contributed by atoms with Gasteiger partial charge in [-0.1, -0.05) is 18.2 Å². The van der Waals surface area contributed by atoms with E-state index in [9.17, 15) is 13.2 Å². The number of likely N-dealkylation sites (tertiary alicyclic amines) is 1. The molecule has 0 unspecified atom stereocenters. The van der Waals surface area contributed by atoms with Gasteiger partial charge in [0.2, 0.25) is 10.0 Å². The van der Waals surface area contributed by atoms with Gasteiger partial charge in [-0.25, -0.2) is 13.1 Å². The lowest BCUT2D eigenvalue weighted by Crippen LogP contribution is -2.49. The number of nitrogens with two attached hydrogens (primary N) is 1. The summed E-state index contributed by atoms with van der Waals surface area (Å²) >= 11 is 0. The van der Waals surface area contributed by atoms with Crippen LogP contribution in [0.2, 0.25) is 0 Å². The number of benzene rings is 1. The van der Waals surface area contributed by atoms with E-state index in [-0.39, 0.29) is 22.9 Å². The monoisotopic (exact) mass is 367 g/mol. The van der Waals surface area contributed by atoms with Crippen molar-refractivity contribution in [3.05, 3.63) is 30.3 Å². The summed E-state index contributed by atoms with van der Waals surface area (Å²) in [7, 11) is -3.52. The highest BCUT2D eigenvalue weighted by Gasteiger charge is 2.35. The molecule has 7 nitrogen and oxygen atoms in total. The quantitative estimate of drug-likeness (QED) is 0.787. The first-order valence-electron chi connectivity index (χ1n) is 8.71.